The fraction of sp³-hybridized carbons (Fsp3) is 0.294. The molecule has 23 heavy (non-hydrogen) atoms. The third kappa shape index (κ3) is 6.05. The topological polar surface area (TPSA) is 66.5 Å². The molecule has 0 aliphatic rings. The van der Waals surface area contributed by atoms with Gasteiger partial charge in [-0.3, -0.25) is 0 Å². The molecule has 0 aliphatic heterocycles. The lowest BCUT2D eigenvalue weighted by molar-refractivity contribution is 0.958. The molecule has 0 bridgehead atoms. The molecule has 3 N–H and O–H groups in total. The van der Waals surface area contributed by atoms with Gasteiger partial charge in [-0.05, 0) is 36.2 Å². The summed E-state index contributed by atoms with van der Waals surface area (Å²) in [6, 6.07) is 14.1. The van der Waals surface area contributed by atoms with Gasteiger partial charge in [0.15, 0.2) is 5.96 Å². The second kappa shape index (κ2) is 9.34. The summed E-state index contributed by atoms with van der Waals surface area (Å²) >= 11 is 0. The van der Waals surface area contributed by atoms with Gasteiger partial charge < -0.3 is 16.0 Å². The number of hydrogen-bond acceptors (Lipinski definition) is 3. The van der Waals surface area contributed by atoms with Crippen LogP contribution >= 0.6 is 24.0 Å². The first kappa shape index (κ1) is 19.2. The first-order valence-corrected chi connectivity index (χ1v) is 7.37. The van der Waals surface area contributed by atoms with Crippen LogP contribution in [0.2, 0.25) is 0 Å². The Kier molecular flexibility index (Phi) is 7.80. The zero-order valence-electron chi connectivity index (χ0n) is 13.8. The fourth-order valence-corrected chi connectivity index (χ4v) is 1.98. The van der Waals surface area contributed by atoms with Crippen molar-refractivity contribution >= 4 is 41.4 Å². The minimum Gasteiger partial charge on any atom is -0.370 e. The van der Waals surface area contributed by atoms with Crippen molar-refractivity contribution in [3.05, 3.63) is 53.7 Å². The van der Waals surface area contributed by atoms with E-state index in [2.05, 4.69) is 34.3 Å². The molecular weight excluding hydrogens is 401 g/mol. The van der Waals surface area contributed by atoms with Crippen LogP contribution in [0.1, 0.15) is 18.2 Å². The van der Waals surface area contributed by atoms with Crippen LogP contribution in [0.25, 0.3) is 0 Å². The molecule has 5 nitrogen and oxygen atoms in total. The lowest BCUT2D eigenvalue weighted by Gasteiger charge is -2.11. The molecule has 0 saturated heterocycles. The van der Waals surface area contributed by atoms with Crippen molar-refractivity contribution in [1.82, 2.24) is 4.98 Å². The van der Waals surface area contributed by atoms with Crippen LogP contribution in [-0.2, 0) is 13.0 Å². The highest BCUT2D eigenvalue weighted by molar-refractivity contribution is 14.0. The van der Waals surface area contributed by atoms with Crippen molar-refractivity contribution in [1.29, 1.82) is 0 Å². The van der Waals surface area contributed by atoms with Crippen LogP contribution < -0.4 is 16.0 Å². The van der Waals surface area contributed by atoms with Crippen LogP contribution in [0, 0.1) is 0 Å². The molecule has 2 rings (SSSR count). The van der Waals surface area contributed by atoms with E-state index in [0.717, 1.165) is 23.6 Å². The zero-order valence-corrected chi connectivity index (χ0v) is 16.1. The van der Waals surface area contributed by atoms with Gasteiger partial charge in [-0.25, -0.2) is 9.98 Å². The second-order valence-corrected chi connectivity index (χ2v) is 5.26. The molecule has 1 aromatic carbocycles. The minimum atomic E-state index is 0. The van der Waals surface area contributed by atoms with E-state index in [1.165, 1.54) is 5.56 Å². The highest BCUT2D eigenvalue weighted by Gasteiger charge is 2.00. The predicted octanol–water partition coefficient (Wildman–Crippen LogP) is 3.25. The second-order valence-electron chi connectivity index (χ2n) is 5.26. The Balaban J connectivity index is 0.00000264. The fourth-order valence-electron chi connectivity index (χ4n) is 1.98. The van der Waals surface area contributed by atoms with E-state index in [4.69, 9.17) is 5.73 Å². The van der Waals surface area contributed by atoms with E-state index in [1.807, 2.05) is 49.3 Å². The molecule has 2 aromatic rings. The summed E-state index contributed by atoms with van der Waals surface area (Å²) in [5, 5.41) is 3.09. The molecule has 6 heteroatoms. The Hall–Kier alpha value is -1.83. The molecule has 0 saturated carbocycles. The quantitative estimate of drug-likeness (QED) is 0.439. The Morgan fingerprint density at radius 3 is 2.48 bits per heavy atom. The number of nitrogens with two attached hydrogens (primary N) is 1. The van der Waals surface area contributed by atoms with Crippen LogP contribution in [0.5, 0.6) is 0 Å². The third-order valence-corrected chi connectivity index (χ3v) is 3.30. The number of guanidine groups is 1. The third-order valence-electron chi connectivity index (χ3n) is 3.30. The molecule has 124 valence electrons. The lowest BCUT2D eigenvalue weighted by Crippen LogP contribution is -2.22. The predicted molar refractivity (Wildman–Crippen MR) is 109 cm³/mol. The van der Waals surface area contributed by atoms with Gasteiger partial charge in [0, 0.05) is 19.8 Å². The minimum absolute atomic E-state index is 0. The Labute approximate surface area is 155 Å². The number of aryl methyl sites for hydroxylation is 1. The Morgan fingerprint density at radius 2 is 1.87 bits per heavy atom. The summed E-state index contributed by atoms with van der Waals surface area (Å²) < 4.78 is 0. The van der Waals surface area contributed by atoms with Crippen molar-refractivity contribution in [2.45, 2.75) is 19.9 Å². The van der Waals surface area contributed by atoms with Gasteiger partial charge in [0.2, 0.25) is 0 Å². The van der Waals surface area contributed by atoms with Crippen LogP contribution in [0.15, 0.2) is 47.5 Å². The molecule has 0 unspecified atom stereocenters. The average molecular weight is 425 g/mol. The number of rotatable bonds is 5. The lowest BCUT2D eigenvalue weighted by atomic mass is 10.1. The first-order valence-electron chi connectivity index (χ1n) is 7.37. The number of hydrogen-bond donors (Lipinski definition) is 2. The molecule has 0 radical (unpaired) electrons. The van der Waals surface area contributed by atoms with Crippen LogP contribution in [0.4, 0.5) is 11.5 Å². The number of nitrogens with zero attached hydrogens (tertiary/aromatic N) is 3. The van der Waals surface area contributed by atoms with Crippen molar-refractivity contribution in [3.8, 4) is 0 Å². The van der Waals surface area contributed by atoms with Crippen molar-refractivity contribution in [2.75, 3.05) is 24.3 Å². The monoisotopic (exact) mass is 425 g/mol. The van der Waals surface area contributed by atoms with E-state index >= 15 is 0 Å². The zero-order chi connectivity index (χ0) is 15.9. The van der Waals surface area contributed by atoms with Gasteiger partial charge in [0.25, 0.3) is 0 Å². The van der Waals surface area contributed by atoms with Gasteiger partial charge in [0.05, 0.1) is 12.2 Å². The Bertz CT molecular complexity index is 638. The van der Waals surface area contributed by atoms with Gasteiger partial charge in [-0.2, -0.15) is 0 Å². The average Bonchev–Trinajstić information content (AvgIpc) is 2.54. The summed E-state index contributed by atoms with van der Waals surface area (Å²) in [5.41, 5.74) is 9.04. The molecule has 1 aromatic heterocycles. The summed E-state index contributed by atoms with van der Waals surface area (Å²) in [5.74, 6) is 1.30. The summed E-state index contributed by atoms with van der Waals surface area (Å²) in [6.07, 6.45) is 1.03. The number of nitrogens with one attached hydrogen (secondary N) is 1. The summed E-state index contributed by atoms with van der Waals surface area (Å²) in [7, 11) is 3.93. The highest BCUT2D eigenvalue weighted by atomic mass is 127. The largest absolute Gasteiger partial charge is 0.370 e. The highest BCUT2D eigenvalue weighted by Crippen LogP contribution is 2.10. The number of pyridine rings is 1. The molecule has 0 amide bonds. The van der Waals surface area contributed by atoms with E-state index in [0.29, 0.717) is 12.5 Å². The maximum atomic E-state index is 5.92. The van der Waals surface area contributed by atoms with Gasteiger partial charge in [-0.15, -0.1) is 24.0 Å². The van der Waals surface area contributed by atoms with Crippen LogP contribution in [-0.4, -0.2) is 25.0 Å². The molecule has 1 heterocycles. The number of halogens is 1. The maximum absolute atomic E-state index is 5.92. The number of benzene rings is 1. The normalized spacial score (nSPS) is 10.8. The maximum Gasteiger partial charge on any atom is 0.193 e. The molecule has 0 fully saturated rings. The summed E-state index contributed by atoms with van der Waals surface area (Å²) in [4.78, 5) is 10.8. The van der Waals surface area contributed by atoms with E-state index in [9.17, 15) is 0 Å². The van der Waals surface area contributed by atoms with Crippen molar-refractivity contribution in [3.63, 3.8) is 0 Å². The molecule has 0 aliphatic carbocycles. The Morgan fingerprint density at radius 1 is 1.17 bits per heavy atom. The summed E-state index contributed by atoms with van der Waals surface area (Å²) in [6.45, 7) is 2.58. The van der Waals surface area contributed by atoms with Gasteiger partial charge in [0.1, 0.15) is 5.82 Å². The molecular formula is C17H24IN5. The molecule has 0 atom stereocenters. The smallest absolute Gasteiger partial charge is 0.193 e. The standard InChI is InChI=1S/C17H23N5.HI/c1-4-13-8-10-14(11-9-13)21-17(18)19-12-15-6-5-7-16(20-15)22(2)3;/h5-11H,4,12H2,1-3H3,(H3,18,19,21);1H. The van der Waals surface area contributed by atoms with E-state index < -0.39 is 0 Å². The van der Waals surface area contributed by atoms with Crippen molar-refractivity contribution in [2.24, 2.45) is 10.7 Å². The van der Waals surface area contributed by atoms with E-state index in [1.54, 1.807) is 0 Å². The van der Waals surface area contributed by atoms with Crippen LogP contribution in [0.3, 0.4) is 0 Å². The first-order chi connectivity index (χ1) is 10.6. The number of aliphatic imine (C=N–C) groups is 1. The van der Waals surface area contributed by atoms with Gasteiger partial charge in [-0.1, -0.05) is 25.1 Å². The van der Waals surface area contributed by atoms with Crippen molar-refractivity contribution < 1.29 is 0 Å². The number of aromatic nitrogens is 1. The molecule has 0 spiro atoms. The SMILES string of the molecule is CCc1ccc(NC(N)=NCc2cccc(N(C)C)n2)cc1.I. The van der Waals surface area contributed by atoms with E-state index in [-0.39, 0.29) is 24.0 Å². The number of anilines is 2. The van der Waals surface area contributed by atoms with Gasteiger partial charge >= 0.3 is 0 Å².